The Morgan fingerprint density at radius 2 is 2.12 bits per heavy atom. The van der Waals surface area contributed by atoms with Crippen LogP contribution in [0.4, 0.5) is 24.7 Å². The van der Waals surface area contributed by atoms with Crippen LogP contribution in [0, 0.1) is 0 Å². The number of alkyl halides is 3. The van der Waals surface area contributed by atoms with E-state index in [1.807, 2.05) is 11.8 Å². The van der Waals surface area contributed by atoms with Crippen LogP contribution in [-0.2, 0) is 4.74 Å². The van der Waals surface area contributed by atoms with Gasteiger partial charge in [-0.3, -0.25) is 4.79 Å². The summed E-state index contributed by atoms with van der Waals surface area (Å²) in [4.78, 5) is 17.8. The molecular formula is C16H24F3N3O2. The van der Waals surface area contributed by atoms with Crippen LogP contribution in [0.25, 0.3) is 0 Å². The first-order valence-electron chi connectivity index (χ1n) is 8.20. The zero-order chi connectivity index (χ0) is 17.9. The smallest absolute Gasteiger partial charge is 0.377 e. The lowest BCUT2D eigenvalue weighted by molar-refractivity contribution is -0.149. The zero-order valence-corrected chi connectivity index (χ0v) is 14.2. The third-order valence-corrected chi connectivity index (χ3v) is 4.31. The van der Waals surface area contributed by atoms with Crippen molar-refractivity contribution in [3.63, 3.8) is 0 Å². The van der Waals surface area contributed by atoms with Crippen LogP contribution in [-0.4, -0.2) is 49.5 Å². The number of pyridine rings is 1. The first-order chi connectivity index (χ1) is 11.3. The summed E-state index contributed by atoms with van der Waals surface area (Å²) < 4.78 is 45.3. The summed E-state index contributed by atoms with van der Waals surface area (Å²) in [6.07, 6.45) is -4.44. The minimum Gasteiger partial charge on any atom is -0.377 e. The molecule has 8 heteroatoms. The first kappa shape index (κ1) is 18.6. The average Bonchev–Trinajstić information content (AvgIpc) is 2.51. The van der Waals surface area contributed by atoms with Gasteiger partial charge in [-0.1, -0.05) is 6.92 Å². The van der Waals surface area contributed by atoms with E-state index in [9.17, 15) is 18.0 Å². The van der Waals surface area contributed by atoms with Gasteiger partial charge in [0.2, 0.25) is 0 Å². The molecule has 0 aliphatic carbocycles. The number of nitrogens with zero attached hydrogens (tertiary/aromatic N) is 2. The van der Waals surface area contributed by atoms with Crippen LogP contribution in [0.1, 0.15) is 27.2 Å². The number of morpholine rings is 1. The van der Waals surface area contributed by atoms with E-state index >= 15 is 0 Å². The lowest BCUT2D eigenvalue weighted by Gasteiger charge is -2.37. The van der Waals surface area contributed by atoms with Gasteiger partial charge in [-0.2, -0.15) is 13.2 Å². The molecule has 0 saturated carbocycles. The number of aromatic nitrogens is 1. The summed E-state index contributed by atoms with van der Waals surface area (Å²) in [7, 11) is 0. The molecule has 1 aliphatic heterocycles. The van der Waals surface area contributed by atoms with E-state index in [0.717, 1.165) is 0 Å². The molecule has 0 bridgehead atoms. The van der Waals surface area contributed by atoms with Gasteiger partial charge >= 0.3 is 6.18 Å². The predicted molar refractivity (Wildman–Crippen MR) is 87.8 cm³/mol. The van der Waals surface area contributed by atoms with Crippen molar-refractivity contribution in [2.75, 3.05) is 36.1 Å². The van der Waals surface area contributed by atoms with Gasteiger partial charge in [-0.05, 0) is 20.3 Å². The highest BCUT2D eigenvalue weighted by Crippen LogP contribution is 2.31. The van der Waals surface area contributed by atoms with E-state index < -0.39 is 17.8 Å². The van der Waals surface area contributed by atoms with Crippen molar-refractivity contribution in [3.05, 3.63) is 22.5 Å². The fraction of sp³-hybridized carbons (Fsp3) is 0.688. The van der Waals surface area contributed by atoms with Crippen LogP contribution < -0.4 is 15.4 Å². The Balaban J connectivity index is 2.40. The van der Waals surface area contributed by atoms with Gasteiger partial charge < -0.3 is 19.5 Å². The Hall–Kier alpha value is -1.70. The van der Waals surface area contributed by atoms with Crippen LogP contribution in [0.3, 0.4) is 0 Å². The topological polar surface area (TPSA) is 48.6 Å². The fourth-order valence-corrected chi connectivity index (χ4v) is 3.13. The summed E-state index contributed by atoms with van der Waals surface area (Å²) >= 11 is 0. The van der Waals surface area contributed by atoms with Gasteiger partial charge in [-0.25, -0.2) is 0 Å². The summed E-state index contributed by atoms with van der Waals surface area (Å²) in [5, 5.41) is 0. The van der Waals surface area contributed by atoms with E-state index in [0.29, 0.717) is 25.4 Å². The molecule has 1 fully saturated rings. The van der Waals surface area contributed by atoms with E-state index in [4.69, 9.17) is 4.74 Å². The molecule has 136 valence electrons. The predicted octanol–water partition coefficient (Wildman–Crippen LogP) is 2.77. The highest BCUT2D eigenvalue weighted by atomic mass is 19.4. The molecule has 1 aromatic heterocycles. The maximum atomic E-state index is 13.3. The standard InChI is InChI=1S/C16H24F3N3O2/c1-4-13(16(17,18)19)21(5-2)14-8-12(9-15(23)20-14)22-6-7-24-10-11(22)3/h8-9,11,13H,4-7,10H2,1-3H3,(H,20,23). The number of nitrogens with one attached hydrogen (secondary N) is 1. The molecule has 24 heavy (non-hydrogen) atoms. The Labute approximate surface area is 139 Å². The van der Waals surface area contributed by atoms with Crippen molar-refractivity contribution in [2.45, 2.75) is 45.5 Å². The lowest BCUT2D eigenvalue weighted by atomic mass is 10.1. The maximum absolute atomic E-state index is 13.3. The highest BCUT2D eigenvalue weighted by molar-refractivity contribution is 5.56. The van der Waals surface area contributed by atoms with Crippen LogP contribution in [0.2, 0.25) is 0 Å². The molecule has 0 aromatic carbocycles. The number of anilines is 2. The van der Waals surface area contributed by atoms with E-state index in [-0.39, 0.29) is 24.8 Å². The maximum Gasteiger partial charge on any atom is 0.408 e. The number of halogens is 3. The van der Waals surface area contributed by atoms with E-state index in [2.05, 4.69) is 4.98 Å². The van der Waals surface area contributed by atoms with Crippen molar-refractivity contribution in [1.82, 2.24) is 4.98 Å². The van der Waals surface area contributed by atoms with Crippen LogP contribution >= 0.6 is 0 Å². The lowest BCUT2D eigenvalue weighted by Crippen LogP contribution is -2.47. The normalized spacial score (nSPS) is 20.1. The summed E-state index contributed by atoms with van der Waals surface area (Å²) in [6, 6.07) is 1.48. The molecule has 0 radical (unpaired) electrons. The third kappa shape index (κ3) is 4.03. The van der Waals surface area contributed by atoms with Gasteiger partial charge in [-0.15, -0.1) is 0 Å². The Bertz CT molecular complexity index is 603. The quantitative estimate of drug-likeness (QED) is 0.890. The largest absolute Gasteiger partial charge is 0.408 e. The molecule has 5 nitrogen and oxygen atoms in total. The zero-order valence-electron chi connectivity index (χ0n) is 14.2. The third-order valence-electron chi connectivity index (χ3n) is 4.31. The van der Waals surface area contributed by atoms with Gasteiger partial charge in [0.1, 0.15) is 11.9 Å². The molecule has 0 spiro atoms. The molecule has 1 saturated heterocycles. The first-order valence-corrected chi connectivity index (χ1v) is 8.20. The van der Waals surface area contributed by atoms with Crippen molar-refractivity contribution >= 4 is 11.5 Å². The molecule has 2 atom stereocenters. The highest BCUT2D eigenvalue weighted by Gasteiger charge is 2.42. The number of rotatable bonds is 5. The van der Waals surface area contributed by atoms with E-state index in [1.165, 1.54) is 17.9 Å². The molecule has 2 unspecified atom stereocenters. The molecule has 1 aliphatic rings. The summed E-state index contributed by atoms with van der Waals surface area (Å²) in [5.74, 6) is 0.197. The van der Waals surface area contributed by atoms with Gasteiger partial charge in [0, 0.05) is 37.0 Å². The summed E-state index contributed by atoms with van der Waals surface area (Å²) in [5.41, 5.74) is 0.219. The van der Waals surface area contributed by atoms with Crippen LogP contribution in [0.5, 0.6) is 0 Å². The van der Waals surface area contributed by atoms with Crippen molar-refractivity contribution in [1.29, 1.82) is 0 Å². The second kappa shape index (κ2) is 7.46. The van der Waals surface area contributed by atoms with Crippen LogP contribution in [0.15, 0.2) is 16.9 Å². The molecular weight excluding hydrogens is 323 g/mol. The van der Waals surface area contributed by atoms with Gasteiger partial charge in [0.15, 0.2) is 0 Å². The number of aromatic amines is 1. The van der Waals surface area contributed by atoms with Crippen molar-refractivity contribution < 1.29 is 17.9 Å². The number of hydrogen-bond donors (Lipinski definition) is 1. The molecule has 1 aromatic rings. The minimum absolute atomic E-state index is 0.0630. The molecule has 1 N–H and O–H groups in total. The molecule has 2 heterocycles. The molecule has 2 rings (SSSR count). The Morgan fingerprint density at radius 1 is 1.42 bits per heavy atom. The number of hydrogen-bond acceptors (Lipinski definition) is 4. The summed E-state index contributed by atoms with van der Waals surface area (Å²) in [6.45, 7) is 6.92. The number of ether oxygens (including phenoxy) is 1. The van der Waals surface area contributed by atoms with Crippen molar-refractivity contribution in [3.8, 4) is 0 Å². The average molecular weight is 347 g/mol. The second-order valence-electron chi connectivity index (χ2n) is 5.96. The van der Waals surface area contributed by atoms with Gasteiger partial charge in [0.05, 0.1) is 13.2 Å². The number of H-pyrrole nitrogens is 1. The fourth-order valence-electron chi connectivity index (χ4n) is 3.13. The monoisotopic (exact) mass is 347 g/mol. The second-order valence-corrected chi connectivity index (χ2v) is 5.96. The van der Waals surface area contributed by atoms with Crippen molar-refractivity contribution in [2.24, 2.45) is 0 Å². The SMILES string of the molecule is CCC(N(CC)c1cc(N2CCOCC2C)cc(=O)[nH]1)C(F)(F)F. The van der Waals surface area contributed by atoms with Gasteiger partial charge in [0.25, 0.3) is 5.56 Å². The Morgan fingerprint density at radius 3 is 2.67 bits per heavy atom. The molecule has 0 amide bonds. The Kier molecular flexibility index (Phi) is 5.79. The minimum atomic E-state index is -4.36. The van der Waals surface area contributed by atoms with E-state index in [1.54, 1.807) is 13.0 Å².